The summed E-state index contributed by atoms with van der Waals surface area (Å²) in [5, 5.41) is 8.00. The maximum Gasteiger partial charge on any atom is 0.391 e. The first-order valence-corrected chi connectivity index (χ1v) is 13.5. The Hall–Kier alpha value is -2.40. The second-order valence-corrected chi connectivity index (χ2v) is 11.6. The molecular weight excluding hydrogens is 547 g/mol. The fourth-order valence-corrected chi connectivity index (χ4v) is 6.61. The summed E-state index contributed by atoms with van der Waals surface area (Å²) in [7, 11) is -9.35. The second-order valence-electron chi connectivity index (χ2n) is 6.40. The third kappa shape index (κ3) is 5.46. The molecule has 1 heterocycles. The van der Waals surface area contributed by atoms with Crippen molar-refractivity contribution >= 4 is 50.6 Å². The summed E-state index contributed by atoms with van der Waals surface area (Å²) < 4.78 is 104. The molecule has 8 nitrogen and oxygen atoms in total. The van der Waals surface area contributed by atoms with E-state index in [1.807, 2.05) is 0 Å². The summed E-state index contributed by atoms with van der Waals surface area (Å²) in [6, 6.07) is 4.86. The number of benzene rings is 2. The lowest BCUT2D eigenvalue weighted by Crippen LogP contribution is -2.25. The maximum absolute atomic E-state index is 14.6. The van der Waals surface area contributed by atoms with Crippen molar-refractivity contribution in [1.29, 1.82) is 5.26 Å². The van der Waals surface area contributed by atoms with E-state index in [1.54, 1.807) is 10.8 Å². The fourth-order valence-electron chi connectivity index (χ4n) is 2.59. The van der Waals surface area contributed by atoms with Crippen molar-refractivity contribution in [3.8, 4) is 17.6 Å². The molecule has 0 spiro atoms. The zero-order valence-electron chi connectivity index (χ0n) is 16.5. The predicted octanol–water partition coefficient (Wildman–Crippen LogP) is 4.45. The van der Waals surface area contributed by atoms with Crippen LogP contribution in [0.25, 0.3) is 10.1 Å². The normalized spacial score (nSPS) is 13.4. The van der Waals surface area contributed by atoms with E-state index in [2.05, 4.69) is 0 Å². The Morgan fingerprint density at radius 3 is 2.50 bits per heavy atom. The number of hydrogen-bond acceptors (Lipinski definition) is 7. The Kier molecular flexibility index (Phi) is 7.76. The van der Waals surface area contributed by atoms with Gasteiger partial charge in [0.25, 0.3) is 10.0 Å². The van der Waals surface area contributed by atoms with Gasteiger partial charge in [-0.25, -0.2) is 26.2 Å². The maximum atomic E-state index is 14.6. The molecule has 0 aliphatic rings. The molecular formula is C18H12ClF4N2O6PS2. The largest absolute Gasteiger partial charge is 0.486 e. The third-order valence-corrected chi connectivity index (χ3v) is 8.51. The van der Waals surface area contributed by atoms with E-state index in [-0.39, 0.29) is 29.4 Å². The Labute approximate surface area is 198 Å². The number of alkyl halides is 1. The zero-order valence-corrected chi connectivity index (χ0v) is 19.8. The number of rotatable bonds is 9. The van der Waals surface area contributed by atoms with Crippen LogP contribution in [0.3, 0.4) is 0 Å². The van der Waals surface area contributed by atoms with Gasteiger partial charge in [0, 0.05) is 11.5 Å². The number of nitriles is 1. The van der Waals surface area contributed by atoms with Crippen LogP contribution >= 0.6 is 30.5 Å². The number of nitrogens with one attached hydrogen (secondary N) is 1. The summed E-state index contributed by atoms with van der Waals surface area (Å²) in [4.78, 5) is 9.90. The van der Waals surface area contributed by atoms with Gasteiger partial charge in [0.05, 0.1) is 16.1 Å². The van der Waals surface area contributed by atoms with E-state index in [1.165, 1.54) is 0 Å². The Morgan fingerprint density at radius 2 is 1.88 bits per heavy atom. The number of nitrogens with zero attached hydrogens (tertiary/aromatic N) is 1. The molecule has 3 rings (SSSR count). The Balaban J connectivity index is 1.84. The van der Waals surface area contributed by atoms with E-state index in [9.17, 15) is 35.4 Å². The Morgan fingerprint density at radius 1 is 1.18 bits per heavy atom. The molecule has 0 aliphatic carbocycles. The molecule has 0 bridgehead atoms. The van der Waals surface area contributed by atoms with Gasteiger partial charge in [0.15, 0.2) is 17.4 Å². The molecule has 0 aliphatic heterocycles. The first-order chi connectivity index (χ1) is 15.9. The molecule has 3 aromatic rings. The molecule has 0 amide bonds. The van der Waals surface area contributed by atoms with Crippen LogP contribution in [-0.4, -0.2) is 32.1 Å². The highest BCUT2D eigenvalue weighted by Crippen LogP contribution is 2.43. The van der Waals surface area contributed by atoms with Crippen molar-refractivity contribution in [1.82, 2.24) is 4.72 Å². The molecule has 0 radical (unpaired) electrons. The number of sulfonamides is 1. The van der Waals surface area contributed by atoms with E-state index >= 15 is 0 Å². The SMILES string of the molecule is N#Cc1ccc(OP(=O)(O)CNS(=O)(=O)c2cc3c(F)c(F)c(OCCCl)c(F)c3s2)cc1F. The monoisotopic (exact) mass is 558 g/mol. The van der Waals surface area contributed by atoms with Crippen LogP contribution in [0.5, 0.6) is 11.5 Å². The lowest BCUT2D eigenvalue weighted by molar-refractivity contribution is 0.300. The van der Waals surface area contributed by atoms with Crippen molar-refractivity contribution in [3.63, 3.8) is 0 Å². The quantitative estimate of drug-likeness (QED) is 0.172. The van der Waals surface area contributed by atoms with Crippen LogP contribution in [0.4, 0.5) is 17.6 Å². The first-order valence-electron chi connectivity index (χ1n) is 8.89. The number of hydrogen-bond donors (Lipinski definition) is 2. The van der Waals surface area contributed by atoms with E-state index < -0.39 is 73.0 Å². The Bertz CT molecular complexity index is 1460. The molecule has 2 aromatic carbocycles. The zero-order chi connectivity index (χ0) is 25.3. The number of thiophene rings is 1. The highest BCUT2D eigenvalue weighted by atomic mass is 35.5. The average molecular weight is 559 g/mol. The summed E-state index contributed by atoms with van der Waals surface area (Å²) in [5.41, 5.74) is -0.349. The van der Waals surface area contributed by atoms with Crippen molar-refractivity contribution in [2.75, 3.05) is 18.8 Å². The minimum absolute atomic E-state index is 0.148. The van der Waals surface area contributed by atoms with E-state index in [0.717, 1.165) is 12.1 Å². The molecule has 1 atom stereocenters. The van der Waals surface area contributed by atoms with E-state index in [0.29, 0.717) is 12.1 Å². The van der Waals surface area contributed by atoms with Crippen LogP contribution in [0.15, 0.2) is 28.5 Å². The highest BCUT2D eigenvalue weighted by Gasteiger charge is 2.30. The second kappa shape index (κ2) is 10.1. The topological polar surface area (TPSA) is 126 Å². The van der Waals surface area contributed by atoms with Crippen LogP contribution in [0, 0.1) is 34.6 Å². The molecule has 0 saturated heterocycles. The number of halogens is 5. The van der Waals surface area contributed by atoms with Gasteiger partial charge >= 0.3 is 7.60 Å². The summed E-state index contributed by atoms with van der Waals surface area (Å²) >= 11 is 5.61. The molecule has 0 fully saturated rings. The van der Waals surface area contributed by atoms with Gasteiger partial charge < -0.3 is 14.2 Å². The summed E-state index contributed by atoms with van der Waals surface area (Å²) in [5.74, 6) is -7.27. The molecule has 1 unspecified atom stereocenters. The van der Waals surface area contributed by atoms with Crippen molar-refractivity contribution < 1.29 is 44.7 Å². The third-order valence-electron chi connectivity index (χ3n) is 4.09. The number of ether oxygens (including phenoxy) is 1. The minimum atomic E-state index is -4.73. The lowest BCUT2D eigenvalue weighted by Gasteiger charge is -2.14. The molecule has 16 heteroatoms. The smallest absolute Gasteiger partial charge is 0.391 e. The van der Waals surface area contributed by atoms with Crippen molar-refractivity contribution in [2.45, 2.75) is 4.21 Å². The van der Waals surface area contributed by atoms with Gasteiger partial charge in [0.1, 0.15) is 34.7 Å². The summed E-state index contributed by atoms with van der Waals surface area (Å²) in [6.07, 6.45) is -1.20. The van der Waals surface area contributed by atoms with Gasteiger partial charge in [-0.1, -0.05) is 0 Å². The number of fused-ring (bicyclic) bond motifs is 1. The molecule has 2 N–H and O–H groups in total. The van der Waals surface area contributed by atoms with Crippen LogP contribution < -0.4 is 14.0 Å². The standard InChI is InChI=1S/C18H12ClF4N2O6PS2/c19-3-4-30-17-15(22)14(21)11-6-13(33-18(11)16(17)23)34(28,29)25-8-32(26,27)31-10-2-1-9(7-24)12(20)5-10/h1-2,5-6,25H,3-4,8H2,(H,26,27). The lowest BCUT2D eigenvalue weighted by atomic mass is 10.2. The van der Waals surface area contributed by atoms with Gasteiger partial charge in [-0.2, -0.15) is 14.4 Å². The highest BCUT2D eigenvalue weighted by molar-refractivity contribution is 7.92. The van der Waals surface area contributed by atoms with Gasteiger partial charge in [0.2, 0.25) is 5.82 Å². The van der Waals surface area contributed by atoms with Crippen molar-refractivity contribution in [3.05, 3.63) is 53.1 Å². The molecule has 182 valence electrons. The van der Waals surface area contributed by atoms with Crippen LogP contribution in [0.1, 0.15) is 5.56 Å². The predicted molar refractivity (Wildman–Crippen MR) is 115 cm³/mol. The average Bonchev–Trinajstić information content (AvgIpc) is 3.23. The van der Waals surface area contributed by atoms with Gasteiger partial charge in [-0.15, -0.1) is 22.9 Å². The molecule has 1 aromatic heterocycles. The minimum Gasteiger partial charge on any atom is -0.486 e. The fraction of sp³-hybridized carbons (Fsp3) is 0.167. The van der Waals surface area contributed by atoms with E-state index in [4.69, 9.17) is 26.1 Å². The van der Waals surface area contributed by atoms with Crippen molar-refractivity contribution in [2.24, 2.45) is 0 Å². The van der Waals surface area contributed by atoms with Gasteiger partial charge in [-0.05, 0) is 18.2 Å². The van der Waals surface area contributed by atoms with Crippen LogP contribution in [-0.2, 0) is 14.6 Å². The molecule has 34 heavy (non-hydrogen) atoms. The van der Waals surface area contributed by atoms with Gasteiger partial charge in [-0.3, -0.25) is 0 Å². The molecule has 0 saturated carbocycles. The first kappa shape index (κ1) is 26.2. The van der Waals surface area contributed by atoms with Crippen LogP contribution in [0.2, 0.25) is 0 Å². The summed E-state index contributed by atoms with van der Waals surface area (Å²) in [6.45, 7) is -0.340.